The molecule has 0 aliphatic rings. The number of hydrogen-bond acceptors (Lipinski definition) is 2. The van der Waals surface area contributed by atoms with Gasteiger partial charge in [0.25, 0.3) is 0 Å². The molecule has 2 N–H and O–H groups in total. The first-order valence-electron chi connectivity index (χ1n) is 6.59. The lowest BCUT2D eigenvalue weighted by atomic mass is 10.0. The highest BCUT2D eigenvalue weighted by Crippen LogP contribution is 2.40. The van der Waals surface area contributed by atoms with E-state index < -0.39 is 7.82 Å². The van der Waals surface area contributed by atoms with Gasteiger partial charge in [-0.3, -0.25) is 4.52 Å². The molecule has 0 radical (unpaired) electrons. The SMILES string of the molecule is CCCCCCCC(CC(C)C)OP(=O)(O)O. The summed E-state index contributed by atoms with van der Waals surface area (Å²) < 4.78 is 15.7. The predicted molar refractivity (Wildman–Crippen MR) is 69.7 cm³/mol. The van der Waals surface area contributed by atoms with Crippen LogP contribution in [0.1, 0.15) is 65.7 Å². The minimum atomic E-state index is -4.34. The monoisotopic (exact) mass is 266 g/mol. The summed E-state index contributed by atoms with van der Waals surface area (Å²) in [4.78, 5) is 17.7. The molecule has 17 heavy (non-hydrogen) atoms. The maximum atomic E-state index is 10.8. The van der Waals surface area contributed by atoms with Gasteiger partial charge in [0.15, 0.2) is 0 Å². The van der Waals surface area contributed by atoms with Gasteiger partial charge in [-0.2, -0.15) is 0 Å². The smallest absolute Gasteiger partial charge is 0.303 e. The summed E-state index contributed by atoms with van der Waals surface area (Å²) in [6.45, 7) is 6.23. The molecule has 0 spiro atoms. The van der Waals surface area contributed by atoms with Crippen LogP contribution in [0.2, 0.25) is 0 Å². The van der Waals surface area contributed by atoms with Crippen LogP contribution in [0.3, 0.4) is 0 Å². The van der Waals surface area contributed by atoms with E-state index in [2.05, 4.69) is 6.92 Å². The Kier molecular flexibility index (Phi) is 9.15. The highest BCUT2D eigenvalue weighted by atomic mass is 31.2. The third-order valence-corrected chi connectivity index (χ3v) is 3.22. The number of unbranched alkanes of at least 4 members (excludes halogenated alkanes) is 4. The molecular formula is C12H27O4P. The highest BCUT2D eigenvalue weighted by Gasteiger charge is 2.22. The fourth-order valence-corrected chi connectivity index (χ4v) is 2.49. The van der Waals surface area contributed by atoms with E-state index in [-0.39, 0.29) is 6.10 Å². The van der Waals surface area contributed by atoms with Crippen molar-refractivity contribution < 1.29 is 18.9 Å². The van der Waals surface area contributed by atoms with Gasteiger partial charge in [0.2, 0.25) is 0 Å². The van der Waals surface area contributed by atoms with E-state index in [1.165, 1.54) is 19.3 Å². The lowest BCUT2D eigenvalue weighted by Gasteiger charge is -2.19. The Hall–Kier alpha value is 0.110. The van der Waals surface area contributed by atoms with Crippen molar-refractivity contribution in [2.75, 3.05) is 0 Å². The van der Waals surface area contributed by atoms with Gasteiger partial charge in [-0.1, -0.05) is 52.9 Å². The van der Waals surface area contributed by atoms with E-state index in [0.717, 1.165) is 19.3 Å². The second-order valence-corrected chi connectivity index (χ2v) is 6.24. The molecule has 0 aliphatic heterocycles. The van der Waals surface area contributed by atoms with Crippen molar-refractivity contribution in [1.29, 1.82) is 0 Å². The van der Waals surface area contributed by atoms with Crippen molar-refractivity contribution in [3.05, 3.63) is 0 Å². The standard InChI is InChI=1S/C12H27O4P/c1-4-5-6-7-8-9-12(10-11(2)3)16-17(13,14)15/h11-12H,4-10H2,1-3H3,(H2,13,14,15). The summed E-state index contributed by atoms with van der Waals surface area (Å²) in [6, 6.07) is 0. The van der Waals surface area contributed by atoms with Crippen molar-refractivity contribution in [2.24, 2.45) is 5.92 Å². The summed E-state index contributed by atoms with van der Waals surface area (Å²) in [5.41, 5.74) is 0. The van der Waals surface area contributed by atoms with Gasteiger partial charge >= 0.3 is 7.82 Å². The maximum Gasteiger partial charge on any atom is 0.469 e. The van der Waals surface area contributed by atoms with Gasteiger partial charge in [0.1, 0.15) is 0 Å². The van der Waals surface area contributed by atoms with Crippen molar-refractivity contribution in [2.45, 2.75) is 71.8 Å². The van der Waals surface area contributed by atoms with Gasteiger partial charge < -0.3 is 9.79 Å². The molecule has 0 bridgehead atoms. The molecule has 0 rings (SSSR count). The summed E-state index contributed by atoms with van der Waals surface area (Å²) in [7, 11) is -4.34. The predicted octanol–water partition coefficient (Wildman–Crippen LogP) is 3.87. The van der Waals surface area contributed by atoms with Crippen LogP contribution in [0.5, 0.6) is 0 Å². The lowest BCUT2D eigenvalue weighted by molar-refractivity contribution is 0.108. The summed E-state index contributed by atoms with van der Waals surface area (Å²) in [6.07, 6.45) is 6.87. The molecule has 0 heterocycles. The quantitative estimate of drug-likeness (QED) is 0.465. The normalized spacial score (nSPS) is 14.2. The Morgan fingerprint density at radius 3 is 2.18 bits per heavy atom. The molecule has 0 saturated carbocycles. The van der Waals surface area contributed by atoms with Gasteiger partial charge in [-0.25, -0.2) is 4.57 Å². The molecule has 4 nitrogen and oxygen atoms in total. The fourth-order valence-electron chi connectivity index (χ4n) is 1.91. The second kappa shape index (κ2) is 9.09. The number of rotatable bonds is 10. The third kappa shape index (κ3) is 12.4. The molecule has 5 heteroatoms. The number of phosphoric ester groups is 1. The first kappa shape index (κ1) is 17.1. The van der Waals surface area contributed by atoms with E-state index in [1.807, 2.05) is 13.8 Å². The van der Waals surface area contributed by atoms with E-state index in [9.17, 15) is 4.57 Å². The topological polar surface area (TPSA) is 66.8 Å². The molecular weight excluding hydrogens is 239 g/mol. The Balaban J connectivity index is 3.90. The molecule has 0 amide bonds. The maximum absolute atomic E-state index is 10.8. The van der Waals surface area contributed by atoms with Gasteiger partial charge in [-0.05, 0) is 18.8 Å². The van der Waals surface area contributed by atoms with Crippen LogP contribution in [0.15, 0.2) is 0 Å². The summed E-state index contributed by atoms with van der Waals surface area (Å²) >= 11 is 0. The van der Waals surface area contributed by atoms with Crippen molar-refractivity contribution in [3.8, 4) is 0 Å². The van der Waals surface area contributed by atoms with Crippen molar-refractivity contribution in [3.63, 3.8) is 0 Å². The average molecular weight is 266 g/mol. The summed E-state index contributed by atoms with van der Waals surface area (Å²) in [5, 5.41) is 0. The largest absolute Gasteiger partial charge is 0.469 e. The number of phosphoric acid groups is 1. The van der Waals surface area contributed by atoms with Crippen LogP contribution in [0, 0.1) is 5.92 Å². The second-order valence-electron chi connectivity index (χ2n) is 5.05. The van der Waals surface area contributed by atoms with Crippen molar-refractivity contribution >= 4 is 7.82 Å². The minimum Gasteiger partial charge on any atom is -0.303 e. The first-order valence-corrected chi connectivity index (χ1v) is 8.12. The van der Waals surface area contributed by atoms with Crippen LogP contribution < -0.4 is 0 Å². The first-order chi connectivity index (χ1) is 7.85. The Bertz CT molecular complexity index is 225. The number of hydrogen-bond donors (Lipinski definition) is 2. The zero-order chi connectivity index (χ0) is 13.3. The van der Waals surface area contributed by atoms with Gasteiger partial charge in [0, 0.05) is 0 Å². The molecule has 0 saturated heterocycles. The molecule has 0 fully saturated rings. The van der Waals surface area contributed by atoms with Gasteiger partial charge in [0.05, 0.1) is 6.10 Å². The highest BCUT2D eigenvalue weighted by molar-refractivity contribution is 7.46. The van der Waals surface area contributed by atoms with E-state index >= 15 is 0 Å². The Morgan fingerprint density at radius 1 is 1.12 bits per heavy atom. The molecule has 0 aromatic heterocycles. The molecule has 0 aromatic rings. The Morgan fingerprint density at radius 2 is 1.71 bits per heavy atom. The molecule has 0 aromatic carbocycles. The van der Waals surface area contributed by atoms with Crippen LogP contribution in [0.25, 0.3) is 0 Å². The zero-order valence-electron chi connectivity index (χ0n) is 11.3. The lowest BCUT2D eigenvalue weighted by Crippen LogP contribution is -2.14. The van der Waals surface area contributed by atoms with E-state index in [1.54, 1.807) is 0 Å². The van der Waals surface area contributed by atoms with E-state index in [4.69, 9.17) is 14.3 Å². The molecule has 1 atom stereocenters. The van der Waals surface area contributed by atoms with Crippen LogP contribution in [0.4, 0.5) is 0 Å². The molecule has 1 unspecified atom stereocenters. The van der Waals surface area contributed by atoms with Crippen molar-refractivity contribution in [1.82, 2.24) is 0 Å². The zero-order valence-corrected chi connectivity index (χ0v) is 12.2. The molecule has 104 valence electrons. The molecule has 0 aliphatic carbocycles. The fraction of sp³-hybridized carbons (Fsp3) is 1.00. The summed E-state index contributed by atoms with van der Waals surface area (Å²) in [5.74, 6) is 0.391. The van der Waals surface area contributed by atoms with Crippen LogP contribution >= 0.6 is 7.82 Å². The third-order valence-electron chi connectivity index (χ3n) is 2.65. The average Bonchev–Trinajstić information content (AvgIpc) is 2.13. The van der Waals surface area contributed by atoms with Gasteiger partial charge in [-0.15, -0.1) is 0 Å². The van der Waals surface area contributed by atoms with E-state index in [0.29, 0.717) is 12.3 Å². The Labute approximate surface area is 105 Å². The van der Waals surface area contributed by atoms with Crippen LogP contribution in [-0.2, 0) is 9.09 Å². The minimum absolute atomic E-state index is 0.308. The van der Waals surface area contributed by atoms with Crippen LogP contribution in [-0.4, -0.2) is 15.9 Å².